The largest absolute Gasteiger partial charge is 0.316 e. The van der Waals surface area contributed by atoms with E-state index in [-0.39, 0.29) is 0 Å². The molecule has 1 heterocycles. The fraction of sp³-hybridized carbons (Fsp3) is 1.00. The van der Waals surface area contributed by atoms with Crippen LogP contribution >= 0.6 is 0 Å². The van der Waals surface area contributed by atoms with Gasteiger partial charge in [0, 0.05) is 0 Å². The fourth-order valence-electron chi connectivity index (χ4n) is 3.17. The second-order valence-corrected chi connectivity index (χ2v) is 7.44. The Hall–Kier alpha value is -0.0800. The Morgan fingerprint density at radius 1 is 0.950 bits per heavy atom. The van der Waals surface area contributed by atoms with Crippen molar-refractivity contribution in [1.82, 2.24) is 10.2 Å². The molecule has 20 heavy (non-hydrogen) atoms. The van der Waals surface area contributed by atoms with E-state index < -0.39 is 0 Å². The molecule has 1 aliphatic rings. The van der Waals surface area contributed by atoms with Crippen LogP contribution in [0.5, 0.6) is 0 Å². The third-order valence-corrected chi connectivity index (χ3v) is 4.71. The first kappa shape index (κ1) is 18.0. The molecular formula is C18H38N2. The molecule has 1 saturated heterocycles. The highest BCUT2D eigenvalue weighted by atomic mass is 15.1. The van der Waals surface area contributed by atoms with Gasteiger partial charge in [-0.3, -0.25) is 0 Å². The van der Waals surface area contributed by atoms with Crippen molar-refractivity contribution in [1.29, 1.82) is 0 Å². The van der Waals surface area contributed by atoms with Crippen LogP contribution in [0.4, 0.5) is 0 Å². The summed E-state index contributed by atoms with van der Waals surface area (Å²) in [6.07, 6.45) is 8.41. The molecule has 0 unspecified atom stereocenters. The van der Waals surface area contributed by atoms with Crippen molar-refractivity contribution >= 4 is 0 Å². The number of rotatable bonds is 10. The lowest BCUT2D eigenvalue weighted by Crippen LogP contribution is -2.35. The SMILES string of the molecule is CC(C)CNCCCCCCN1CCC(C(C)C)CC1. The van der Waals surface area contributed by atoms with Gasteiger partial charge in [0.1, 0.15) is 0 Å². The van der Waals surface area contributed by atoms with Crippen LogP contribution in [0, 0.1) is 17.8 Å². The normalized spacial score (nSPS) is 18.3. The zero-order valence-electron chi connectivity index (χ0n) is 14.5. The van der Waals surface area contributed by atoms with Crippen LogP contribution < -0.4 is 5.32 Å². The van der Waals surface area contributed by atoms with Gasteiger partial charge in [-0.2, -0.15) is 0 Å². The van der Waals surface area contributed by atoms with Gasteiger partial charge in [-0.1, -0.05) is 40.5 Å². The minimum absolute atomic E-state index is 0.781. The van der Waals surface area contributed by atoms with Crippen molar-refractivity contribution in [2.75, 3.05) is 32.7 Å². The number of hydrogen-bond donors (Lipinski definition) is 1. The van der Waals surface area contributed by atoms with Gasteiger partial charge in [-0.25, -0.2) is 0 Å². The van der Waals surface area contributed by atoms with Crippen molar-refractivity contribution in [2.24, 2.45) is 17.8 Å². The quantitative estimate of drug-likeness (QED) is 0.605. The summed E-state index contributed by atoms with van der Waals surface area (Å²) in [6, 6.07) is 0. The average molecular weight is 283 g/mol. The maximum absolute atomic E-state index is 3.53. The highest BCUT2D eigenvalue weighted by Gasteiger charge is 2.20. The van der Waals surface area contributed by atoms with E-state index in [4.69, 9.17) is 0 Å². The van der Waals surface area contributed by atoms with Crippen LogP contribution in [0.2, 0.25) is 0 Å². The Labute approximate surface area is 127 Å². The van der Waals surface area contributed by atoms with Gasteiger partial charge in [0.25, 0.3) is 0 Å². The number of unbranched alkanes of at least 4 members (excludes halogenated alkanes) is 3. The first-order valence-electron chi connectivity index (χ1n) is 9.02. The number of nitrogens with zero attached hydrogens (tertiary/aromatic N) is 1. The fourth-order valence-corrected chi connectivity index (χ4v) is 3.17. The molecular weight excluding hydrogens is 244 g/mol. The molecule has 1 fully saturated rings. The van der Waals surface area contributed by atoms with Gasteiger partial charge in [0.2, 0.25) is 0 Å². The van der Waals surface area contributed by atoms with Crippen LogP contribution in [0.25, 0.3) is 0 Å². The van der Waals surface area contributed by atoms with Crippen molar-refractivity contribution in [2.45, 2.75) is 66.2 Å². The summed E-state index contributed by atoms with van der Waals surface area (Å²) in [5.74, 6) is 2.65. The van der Waals surface area contributed by atoms with Crippen LogP contribution in [-0.2, 0) is 0 Å². The average Bonchev–Trinajstić information content (AvgIpc) is 2.42. The summed E-state index contributed by atoms with van der Waals surface area (Å²) >= 11 is 0. The molecule has 1 rings (SSSR count). The summed E-state index contributed by atoms with van der Waals surface area (Å²) in [5, 5.41) is 3.53. The first-order chi connectivity index (χ1) is 9.59. The Morgan fingerprint density at radius 3 is 2.20 bits per heavy atom. The molecule has 1 N–H and O–H groups in total. The first-order valence-corrected chi connectivity index (χ1v) is 9.02. The maximum atomic E-state index is 3.53. The van der Waals surface area contributed by atoms with Gasteiger partial charge in [0.15, 0.2) is 0 Å². The minimum Gasteiger partial charge on any atom is -0.316 e. The monoisotopic (exact) mass is 282 g/mol. The van der Waals surface area contributed by atoms with E-state index in [1.807, 2.05) is 0 Å². The van der Waals surface area contributed by atoms with Crippen LogP contribution in [0.1, 0.15) is 66.2 Å². The topological polar surface area (TPSA) is 15.3 Å². The molecule has 0 spiro atoms. The van der Waals surface area contributed by atoms with Crippen molar-refractivity contribution in [3.05, 3.63) is 0 Å². The molecule has 2 nitrogen and oxygen atoms in total. The van der Waals surface area contributed by atoms with E-state index in [2.05, 4.69) is 37.9 Å². The minimum atomic E-state index is 0.781. The highest BCUT2D eigenvalue weighted by Crippen LogP contribution is 2.24. The van der Waals surface area contributed by atoms with Crippen LogP contribution in [-0.4, -0.2) is 37.6 Å². The maximum Gasteiger partial charge on any atom is -0.00160 e. The summed E-state index contributed by atoms with van der Waals surface area (Å²) in [5.41, 5.74) is 0. The molecule has 0 radical (unpaired) electrons. The molecule has 0 amide bonds. The molecule has 1 aliphatic heterocycles. The van der Waals surface area contributed by atoms with Gasteiger partial charge in [0.05, 0.1) is 0 Å². The van der Waals surface area contributed by atoms with Gasteiger partial charge in [-0.15, -0.1) is 0 Å². The standard InChI is InChI=1S/C18H38N2/c1-16(2)15-19-11-7-5-6-8-12-20-13-9-18(10-14-20)17(3)4/h16-19H,5-15H2,1-4H3. The Morgan fingerprint density at radius 2 is 1.60 bits per heavy atom. The molecule has 0 aromatic carbocycles. The van der Waals surface area contributed by atoms with E-state index in [1.165, 1.54) is 71.2 Å². The molecule has 0 aromatic rings. The molecule has 0 atom stereocenters. The zero-order chi connectivity index (χ0) is 14.8. The number of nitrogens with one attached hydrogen (secondary N) is 1. The lowest BCUT2D eigenvalue weighted by molar-refractivity contribution is 0.155. The number of piperidine rings is 1. The predicted octanol–water partition coefficient (Wildman–Crippen LogP) is 4.16. The smallest absolute Gasteiger partial charge is 0.00160 e. The second kappa shape index (κ2) is 10.6. The molecule has 0 aliphatic carbocycles. The zero-order valence-corrected chi connectivity index (χ0v) is 14.5. The summed E-state index contributed by atoms with van der Waals surface area (Å²) < 4.78 is 0. The Kier molecular flexibility index (Phi) is 9.54. The third kappa shape index (κ3) is 8.26. The summed E-state index contributed by atoms with van der Waals surface area (Å²) in [6.45, 7) is 15.7. The Balaban J connectivity index is 1.88. The number of likely N-dealkylation sites (tertiary alicyclic amines) is 1. The van der Waals surface area contributed by atoms with Crippen molar-refractivity contribution < 1.29 is 0 Å². The van der Waals surface area contributed by atoms with E-state index in [9.17, 15) is 0 Å². The highest BCUT2D eigenvalue weighted by molar-refractivity contribution is 4.74. The van der Waals surface area contributed by atoms with Crippen LogP contribution in [0.3, 0.4) is 0 Å². The summed E-state index contributed by atoms with van der Waals surface area (Å²) in [4.78, 5) is 2.69. The third-order valence-electron chi connectivity index (χ3n) is 4.71. The summed E-state index contributed by atoms with van der Waals surface area (Å²) in [7, 11) is 0. The van der Waals surface area contributed by atoms with E-state index >= 15 is 0 Å². The Bertz CT molecular complexity index is 217. The van der Waals surface area contributed by atoms with Crippen LogP contribution in [0.15, 0.2) is 0 Å². The van der Waals surface area contributed by atoms with Crippen molar-refractivity contribution in [3.8, 4) is 0 Å². The molecule has 120 valence electrons. The molecule has 0 aromatic heterocycles. The van der Waals surface area contributed by atoms with Gasteiger partial charge < -0.3 is 10.2 Å². The lowest BCUT2D eigenvalue weighted by atomic mass is 9.87. The molecule has 0 bridgehead atoms. The van der Waals surface area contributed by atoms with E-state index in [1.54, 1.807) is 0 Å². The van der Waals surface area contributed by atoms with Gasteiger partial charge in [-0.05, 0) is 76.2 Å². The van der Waals surface area contributed by atoms with E-state index in [0.29, 0.717) is 0 Å². The molecule has 2 heteroatoms. The van der Waals surface area contributed by atoms with Gasteiger partial charge >= 0.3 is 0 Å². The number of hydrogen-bond acceptors (Lipinski definition) is 2. The van der Waals surface area contributed by atoms with Crippen molar-refractivity contribution in [3.63, 3.8) is 0 Å². The van der Waals surface area contributed by atoms with E-state index in [0.717, 1.165) is 17.8 Å². The predicted molar refractivity (Wildman–Crippen MR) is 90.2 cm³/mol. The second-order valence-electron chi connectivity index (χ2n) is 7.44. The lowest BCUT2D eigenvalue weighted by Gasteiger charge is -2.33. The molecule has 0 saturated carbocycles.